The third kappa shape index (κ3) is 1.09. The maximum atomic E-state index is 3.73. The SMILES string of the molecule is Cc1ccc2c(c1)N[C@H]1[C@H](C)CC[C@@]21C. The Morgan fingerprint density at radius 3 is 3.00 bits per heavy atom. The molecule has 0 spiro atoms. The lowest BCUT2D eigenvalue weighted by molar-refractivity contribution is 0.441. The van der Waals surface area contributed by atoms with Crippen molar-refractivity contribution in [1.82, 2.24) is 0 Å². The molecule has 80 valence electrons. The van der Waals surface area contributed by atoms with Gasteiger partial charge in [-0.2, -0.15) is 0 Å². The topological polar surface area (TPSA) is 12.0 Å². The summed E-state index contributed by atoms with van der Waals surface area (Å²) < 4.78 is 0. The van der Waals surface area contributed by atoms with Crippen LogP contribution in [0.1, 0.15) is 37.8 Å². The molecular formula is C14H19N. The minimum absolute atomic E-state index is 0.391. The molecule has 3 atom stereocenters. The van der Waals surface area contributed by atoms with E-state index in [4.69, 9.17) is 0 Å². The summed E-state index contributed by atoms with van der Waals surface area (Å²) in [5, 5.41) is 3.73. The Bertz CT molecular complexity index is 410. The molecule has 1 aromatic carbocycles. The van der Waals surface area contributed by atoms with Gasteiger partial charge in [0, 0.05) is 17.1 Å². The molecule has 1 aliphatic carbocycles. The highest BCUT2D eigenvalue weighted by atomic mass is 15.0. The molecule has 0 saturated heterocycles. The Hall–Kier alpha value is -0.980. The van der Waals surface area contributed by atoms with Gasteiger partial charge in [0.2, 0.25) is 0 Å². The van der Waals surface area contributed by atoms with E-state index in [0.717, 1.165) is 5.92 Å². The molecule has 15 heavy (non-hydrogen) atoms. The standard InChI is InChI=1S/C14H19N/c1-9-4-5-11-12(8-9)15-13-10(2)6-7-14(11,13)3/h4-5,8,10,13,15H,6-7H2,1-3H3/t10-,13+,14+/m1/s1. The number of nitrogens with one attached hydrogen (secondary N) is 1. The van der Waals surface area contributed by atoms with E-state index in [-0.39, 0.29) is 0 Å². The zero-order chi connectivity index (χ0) is 10.6. The molecule has 1 heteroatoms. The summed E-state index contributed by atoms with van der Waals surface area (Å²) in [6.45, 7) is 6.97. The van der Waals surface area contributed by atoms with Gasteiger partial charge in [-0.05, 0) is 42.9 Å². The van der Waals surface area contributed by atoms with Crippen LogP contribution in [0.25, 0.3) is 0 Å². The lowest BCUT2D eigenvalue weighted by atomic mass is 9.79. The first-order valence-corrected chi connectivity index (χ1v) is 5.99. The van der Waals surface area contributed by atoms with Gasteiger partial charge in [0.05, 0.1) is 0 Å². The summed E-state index contributed by atoms with van der Waals surface area (Å²) in [7, 11) is 0. The zero-order valence-corrected chi connectivity index (χ0v) is 9.80. The monoisotopic (exact) mass is 201 g/mol. The summed E-state index contributed by atoms with van der Waals surface area (Å²) in [5.41, 5.74) is 4.68. The Morgan fingerprint density at radius 1 is 1.40 bits per heavy atom. The number of hydrogen-bond donors (Lipinski definition) is 1. The minimum Gasteiger partial charge on any atom is -0.381 e. The van der Waals surface area contributed by atoms with Crippen LogP contribution in [0.3, 0.4) is 0 Å². The van der Waals surface area contributed by atoms with Crippen LogP contribution < -0.4 is 5.32 Å². The number of hydrogen-bond acceptors (Lipinski definition) is 1. The van der Waals surface area contributed by atoms with Crippen LogP contribution >= 0.6 is 0 Å². The Balaban J connectivity index is 2.13. The number of benzene rings is 1. The molecule has 1 aromatic rings. The van der Waals surface area contributed by atoms with E-state index >= 15 is 0 Å². The van der Waals surface area contributed by atoms with Crippen molar-refractivity contribution >= 4 is 5.69 Å². The summed E-state index contributed by atoms with van der Waals surface area (Å²) in [6.07, 6.45) is 2.70. The van der Waals surface area contributed by atoms with Crippen molar-refractivity contribution in [3.8, 4) is 0 Å². The van der Waals surface area contributed by atoms with Crippen molar-refractivity contribution in [3.63, 3.8) is 0 Å². The third-order valence-corrected chi connectivity index (χ3v) is 4.48. The molecular weight excluding hydrogens is 182 g/mol. The largest absolute Gasteiger partial charge is 0.381 e. The van der Waals surface area contributed by atoms with Gasteiger partial charge in [-0.3, -0.25) is 0 Å². The van der Waals surface area contributed by atoms with E-state index < -0.39 is 0 Å². The van der Waals surface area contributed by atoms with Crippen LogP contribution in [0.2, 0.25) is 0 Å². The number of rotatable bonds is 0. The molecule has 0 unspecified atom stereocenters. The molecule has 0 radical (unpaired) electrons. The predicted octanol–water partition coefficient (Wildman–Crippen LogP) is 3.48. The summed E-state index contributed by atoms with van der Waals surface area (Å²) >= 11 is 0. The fourth-order valence-electron chi connectivity index (χ4n) is 3.52. The van der Waals surface area contributed by atoms with E-state index in [1.54, 1.807) is 5.56 Å². The van der Waals surface area contributed by atoms with Gasteiger partial charge in [-0.15, -0.1) is 0 Å². The number of anilines is 1. The first-order chi connectivity index (χ1) is 7.11. The summed E-state index contributed by atoms with van der Waals surface area (Å²) in [4.78, 5) is 0. The fraction of sp³-hybridized carbons (Fsp3) is 0.571. The highest BCUT2D eigenvalue weighted by Crippen LogP contribution is 2.52. The van der Waals surface area contributed by atoms with Crippen molar-refractivity contribution in [2.45, 2.75) is 45.1 Å². The van der Waals surface area contributed by atoms with E-state index in [0.29, 0.717) is 11.5 Å². The van der Waals surface area contributed by atoms with Crippen LogP contribution in [-0.4, -0.2) is 6.04 Å². The van der Waals surface area contributed by atoms with Crippen LogP contribution in [0, 0.1) is 12.8 Å². The van der Waals surface area contributed by atoms with Crippen LogP contribution in [0.5, 0.6) is 0 Å². The van der Waals surface area contributed by atoms with Crippen molar-refractivity contribution in [2.24, 2.45) is 5.92 Å². The van der Waals surface area contributed by atoms with Crippen LogP contribution in [0.4, 0.5) is 5.69 Å². The minimum atomic E-state index is 0.391. The molecule has 0 bridgehead atoms. The fourth-order valence-corrected chi connectivity index (χ4v) is 3.52. The average molecular weight is 201 g/mol. The van der Waals surface area contributed by atoms with Gasteiger partial charge in [0.15, 0.2) is 0 Å². The highest BCUT2D eigenvalue weighted by molar-refractivity contribution is 5.64. The quantitative estimate of drug-likeness (QED) is 0.677. The van der Waals surface area contributed by atoms with Crippen molar-refractivity contribution in [3.05, 3.63) is 29.3 Å². The number of fused-ring (bicyclic) bond motifs is 3. The molecule has 0 aromatic heterocycles. The maximum Gasteiger partial charge on any atom is 0.0384 e. The second-order valence-corrected chi connectivity index (χ2v) is 5.60. The second kappa shape index (κ2) is 2.78. The van der Waals surface area contributed by atoms with Crippen molar-refractivity contribution in [2.75, 3.05) is 5.32 Å². The molecule has 1 aliphatic heterocycles. The lowest BCUT2D eigenvalue weighted by Gasteiger charge is -2.26. The molecule has 3 rings (SSSR count). The lowest BCUT2D eigenvalue weighted by Crippen LogP contribution is -2.33. The Kier molecular flexibility index (Phi) is 1.72. The van der Waals surface area contributed by atoms with E-state index in [2.05, 4.69) is 44.3 Å². The third-order valence-electron chi connectivity index (χ3n) is 4.48. The number of aryl methyl sites for hydroxylation is 1. The van der Waals surface area contributed by atoms with E-state index in [9.17, 15) is 0 Å². The summed E-state index contributed by atoms with van der Waals surface area (Å²) in [5.74, 6) is 0.808. The smallest absolute Gasteiger partial charge is 0.0384 e. The normalized spacial score (nSPS) is 37.3. The molecule has 1 saturated carbocycles. The molecule has 0 amide bonds. The van der Waals surface area contributed by atoms with Crippen LogP contribution in [-0.2, 0) is 5.41 Å². The Morgan fingerprint density at radius 2 is 2.20 bits per heavy atom. The first kappa shape index (κ1) is 9.26. The summed E-state index contributed by atoms with van der Waals surface area (Å²) in [6, 6.07) is 7.53. The van der Waals surface area contributed by atoms with Gasteiger partial charge in [-0.1, -0.05) is 26.0 Å². The van der Waals surface area contributed by atoms with Gasteiger partial charge in [0.1, 0.15) is 0 Å². The van der Waals surface area contributed by atoms with Gasteiger partial charge in [0.25, 0.3) is 0 Å². The average Bonchev–Trinajstić information content (AvgIpc) is 2.62. The molecule has 1 N–H and O–H groups in total. The predicted molar refractivity (Wildman–Crippen MR) is 64.3 cm³/mol. The zero-order valence-electron chi connectivity index (χ0n) is 9.80. The van der Waals surface area contributed by atoms with Gasteiger partial charge >= 0.3 is 0 Å². The van der Waals surface area contributed by atoms with Gasteiger partial charge in [-0.25, -0.2) is 0 Å². The highest BCUT2D eigenvalue weighted by Gasteiger charge is 2.49. The van der Waals surface area contributed by atoms with Crippen LogP contribution in [0.15, 0.2) is 18.2 Å². The van der Waals surface area contributed by atoms with Crippen molar-refractivity contribution < 1.29 is 0 Å². The molecule has 1 nitrogen and oxygen atoms in total. The molecule has 2 aliphatic rings. The van der Waals surface area contributed by atoms with E-state index in [1.807, 2.05) is 0 Å². The molecule has 1 fully saturated rings. The Labute approximate surface area is 91.9 Å². The van der Waals surface area contributed by atoms with Gasteiger partial charge < -0.3 is 5.32 Å². The molecule has 1 heterocycles. The van der Waals surface area contributed by atoms with E-state index in [1.165, 1.54) is 24.1 Å². The maximum absolute atomic E-state index is 3.73. The van der Waals surface area contributed by atoms with Crippen molar-refractivity contribution in [1.29, 1.82) is 0 Å². The second-order valence-electron chi connectivity index (χ2n) is 5.60. The first-order valence-electron chi connectivity index (χ1n) is 5.99.